The van der Waals surface area contributed by atoms with Crippen molar-refractivity contribution in [2.75, 3.05) is 13.2 Å². The molecule has 0 rings (SSSR count). The zero-order valence-electron chi connectivity index (χ0n) is 8.02. The van der Waals surface area contributed by atoms with E-state index >= 15 is 0 Å². The largest absolute Gasteiger partial charge is 0.376 e. The van der Waals surface area contributed by atoms with Crippen molar-refractivity contribution in [1.82, 2.24) is 0 Å². The first-order valence-electron chi connectivity index (χ1n) is 4.46. The molecule has 2 heteroatoms. The first-order chi connectivity index (χ1) is 5.12. The Hall–Kier alpha value is -0.0800. The maximum Gasteiger partial charge on any atom is 0.0638 e. The Morgan fingerprint density at radius 1 is 1.36 bits per heavy atom. The molecule has 0 aromatic rings. The minimum Gasteiger partial charge on any atom is -0.376 e. The molecule has 0 aromatic heterocycles. The van der Waals surface area contributed by atoms with Gasteiger partial charge in [-0.05, 0) is 33.2 Å². The quantitative estimate of drug-likeness (QED) is 0.601. The van der Waals surface area contributed by atoms with E-state index in [1.165, 1.54) is 6.42 Å². The summed E-state index contributed by atoms with van der Waals surface area (Å²) in [6.07, 6.45) is 3.28. The lowest BCUT2D eigenvalue weighted by molar-refractivity contribution is -0.0227. The van der Waals surface area contributed by atoms with Crippen LogP contribution in [0.1, 0.15) is 40.0 Å². The molecule has 11 heavy (non-hydrogen) atoms. The molecule has 0 atom stereocenters. The van der Waals surface area contributed by atoms with Gasteiger partial charge in [0, 0.05) is 6.61 Å². The monoisotopic (exact) mass is 159 g/mol. The molecule has 68 valence electrons. The van der Waals surface area contributed by atoms with Gasteiger partial charge in [0.15, 0.2) is 0 Å². The predicted molar refractivity (Wildman–Crippen MR) is 48.6 cm³/mol. The van der Waals surface area contributed by atoms with E-state index < -0.39 is 0 Å². The van der Waals surface area contributed by atoms with Gasteiger partial charge in [-0.3, -0.25) is 0 Å². The Kier molecular flexibility index (Phi) is 5.51. The second kappa shape index (κ2) is 5.56. The molecule has 0 unspecified atom stereocenters. The van der Waals surface area contributed by atoms with Crippen molar-refractivity contribution >= 4 is 0 Å². The second-order valence-corrected chi connectivity index (χ2v) is 3.50. The fourth-order valence-corrected chi connectivity index (χ4v) is 0.913. The molecule has 0 aliphatic rings. The number of hydrogen-bond acceptors (Lipinski definition) is 2. The average molecular weight is 159 g/mol. The molecule has 0 fully saturated rings. The zero-order valence-corrected chi connectivity index (χ0v) is 8.02. The summed E-state index contributed by atoms with van der Waals surface area (Å²) in [4.78, 5) is 0. The number of ether oxygens (including phenoxy) is 1. The van der Waals surface area contributed by atoms with Crippen molar-refractivity contribution < 1.29 is 4.74 Å². The fourth-order valence-electron chi connectivity index (χ4n) is 0.913. The summed E-state index contributed by atoms with van der Waals surface area (Å²) < 4.78 is 5.63. The molecule has 0 bridgehead atoms. The van der Waals surface area contributed by atoms with Crippen LogP contribution in [-0.2, 0) is 4.74 Å². The highest BCUT2D eigenvalue weighted by Crippen LogP contribution is 2.13. The van der Waals surface area contributed by atoms with Crippen molar-refractivity contribution in [3.63, 3.8) is 0 Å². The normalized spacial score (nSPS) is 12.0. The van der Waals surface area contributed by atoms with Crippen LogP contribution in [0.25, 0.3) is 0 Å². The molecule has 0 aliphatic carbocycles. The van der Waals surface area contributed by atoms with E-state index in [0.29, 0.717) is 6.54 Å². The third-order valence-electron chi connectivity index (χ3n) is 1.74. The zero-order chi connectivity index (χ0) is 8.74. The highest BCUT2D eigenvalue weighted by molar-refractivity contribution is 4.68. The van der Waals surface area contributed by atoms with Crippen molar-refractivity contribution in [2.24, 2.45) is 5.73 Å². The molecule has 0 aromatic carbocycles. The van der Waals surface area contributed by atoms with E-state index in [1.807, 2.05) is 0 Å². The minimum atomic E-state index is -0.0239. The van der Waals surface area contributed by atoms with E-state index in [0.717, 1.165) is 19.4 Å². The maximum atomic E-state index is 5.63. The van der Waals surface area contributed by atoms with Crippen LogP contribution in [0.15, 0.2) is 0 Å². The van der Waals surface area contributed by atoms with Gasteiger partial charge < -0.3 is 10.5 Å². The van der Waals surface area contributed by atoms with E-state index in [-0.39, 0.29) is 5.60 Å². The van der Waals surface area contributed by atoms with Gasteiger partial charge in [0.2, 0.25) is 0 Å². The first kappa shape index (κ1) is 10.9. The van der Waals surface area contributed by atoms with E-state index in [1.54, 1.807) is 0 Å². The highest BCUT2D eigenvalue weighted by Gasteiger charge is 2.15. The van der Waals surface area contributed by atoms with Crippen LogP contribution in [0, 0.1) is 0 Å². The van der Waals surface area contributed by atoms with Gasteiger partial charge >= 0.3 is 0 Å². The Balaban J connectivity index is 3.38. The second-order valence-electron chi connectivity index (χ2n) is 3.50. The summed E-state index contributed by atoms with van der Waals surface area (Å²) in [5.74, 6) is 0. The molecule has 0 saturated carbocycles. The van der Waals surface area contributed by atoms with Crippen LogP contribution < -0.4 is 5.73 Å². The van der Waals surface area contributed by atoms with Crippen LogP contribution in [-0.4, -0.2) is 18.8 Å². The lowest BCUT2D eigenvalue weighted by atomic mass is 10.1. The van der Waals surface area contributed by atoms with Crippen LogP contribution in [0.2, 0.25) is 0 Å². The van der Waals surface area contributed by atoms with Gasteiger partial charge in [-0.1, -0.05) is 13.3 Å². The van der Waals surface area contributed by atoms with Crippen LogP contribution in [0.5, 0.6) is 0 Å². The van der Waals surface area contributed by atoms with Crippen LogP contribution in [0.4, 0.5) is 0 Å². The van der Waals surface area contributed by atoms with Crippen molar-refractivity contribution in [3.05, 3.63) is 0 Å². The highest BCUT2D eigenvalue weighted by atomic mass is 16.5. The molecular formula is C9H21NO. The van der Waals surface area contributed by atoms with Gasteiger partial charge in [0.25, 0.3) is 0 Å². The Bertz CT molecular complexity index is 91.6. The fraction of sp³-hybridized carbons (Fsp3) is 1.00. The minimum absolute atomic E-state index is 0.0239. The van der Waals surface area contributed by atoms with Gasteiger partial charge in [0.1, 0.15) is 0 Å². The van der Waals surface area contributed by atoms with E-state index in [4.69, 9.17) is 10.5 Å². The predicted octanol–water partition coefficient (Wildman–Crippen LogP) is 1.93. The van der Waals surface area contributed by atoms with Crippen molar-refractivity contribution in [1.29, 1.82) is 0 Å². The molecule has 0 spiro atoms. The Labute approximate surface area is 70.1 Å². The Morgan fingerprint density at radius 2 is 2.00 bits per heavy atom. The smallest absolute Gasteiger partial charge is 0.0638 e. The number of hydrogen-bond donors (Lipinski definition) is 1. The van der Waals surface area contributed by atoms with E-state index in [9.17, 15) is 0 Å². The summed E-state index contributed by atoms with van der Waals surface area (Å²) in [5, 5.41) is 0. The number of nitrogens with two attached hydrogens (primary N) is 1. The lowest BCUT2D eigenvalue weighted by Crippen LogP contribution is -2.28. The summed E-state index contributed by atoms with van der Waals surface area (Å²) in [6.45, 7) is 7.92. The summed E-state index contributed by atoms with van der Waals surface area (Å²) in [5.41, 5.74) is 5.41. The van der Waals surface area contributed by atoms with Crippen molar-refractivity contribution in [2.45, 2.75) is 45.6 Å². The maximum absolute atomic E-state index is 5.63. The van der Waals surface area contributed by atoms with Crippen LogP contribution in [0.3, 0.4) is 0 Å². The average Bonchev–Trinajstić information content (AvgIpc) is 1.87. The van der Waals surface area contributed by atoms with Crippen LogP contribution >= 0.6 is 0 Å². The van der Waals surface area contributed by atoms with Gasteiger partial charge in [-0.15, -0.1) is 0 Å². The molecule has 0 radical (unpaired) electrons. The third-order valence-corrected chi connectivity index (χ3v) is 1.74. The first-order valence-corrected chi connectivity index (χ1v) is 4.46. The molecule has 0 saturated heterocycles. The van der Waals surface area contributed by atoms with Gasteiger partial charge in [-0.25, -0.2) is 0 Å². The van der Waals surface area contributed by atoms with Gasteiger partial charge in [-0.2, -0.15) is 0 Å². The summed E-state index contributed by atoms with van der Waals surface area (Å²) >= 11 is 0. The van der Waals surface area contributed by atoms with E-state index in [2.05, 4.69) is 20.8 Å². The molecule has 2 nitrogen and oxygen atoms in total. The summed E-state index contributed by atoms with van der Waals surface area (Å²) in [7, 11) is 0. The summed E-state index contributed by atoms with van der Waals surface area (Å²) in [6, 6.07) is 0. The standard InChI is InChI=1S/C9H21NO/c1-4-5-8-11-9(2,3)6-7-10/h4-8,10H2,1-3H3. The van der Waals surface area contributed by atoms with Gasteiger partial charge in [0.05, 0.1) is 5.60 Å². The number of unbranched alkanes of at least 4 members (excludes halogenated alkanes) is 1. The molecule has 0 amide bonds. The molecule has 0 heterocycles. The lowest BCUT2D eigenvalue weighted by Gasteiger charge is -2.24. The third kappa shape index (κ3) is 6.32. The SMILES string of the molecule is CCCCOC(C)(C)CCN. The number of rotatable bonds is 6. The molecule has 2 N–H and O–H groups in total. The molecular weight excluding hydrogens is 138 g/mol. The Morgan fingerprint density at radius 3 is 2.45 bits per heavy atom. The van der Waals surface area contributed by atoms with Crippen molar-refractivity contribution in [3.8, 4) is 0 Å². The molecule has 0 aliphatic heterocycles. The topological polar surface area (TPSA) is 35.2 Å².